The third-order valence-electron chi connectivity index (χ3n) is 5.40. The predicted molar refractivity (Wildman–Crippen MR) is 132 cm³/mol. The Labute approximate surface area is 207 Å². The molecule has 170 valence electrons. The van der Waals surface area contributed by atoms with Gasteiger partial charge in [-0.3, -0.25) is 19.5 Å². The molecule has 1 amide bonds. The number of rotatable bonds is 4. The first-order valence-electron chi connectivity index (χ1n) is 10.0. The monoisotopic (exact) mass is 511 g/mol. The smallest absolute Gasteiger partial charge is 0.301 e. The third-order valence-corrected chi connectivity index (χ3v) is 6.94. The molecule has 1 atom stereocenters. The Bertz CT molecular complexity index is 1450. The van der Waals surface area contributed by atoms with Gasteiger partial charge in [-0.2, -0.15) is 0 Å². The summed E-state index contributed by atoms with van der Waals surface area (Å²) >= 11 is 13.7. The SMILES string of the molecule is COc1c(Cl)cc(Cl)cc1/C(O)=C1\C(=O)C(=O)N(c2nc3ccccc3s2)C1c1cccnc1. The second kappa shape index (κ2) is 8.72. The Morgan fingerprint density at radius 2 is 1.94 bits per heavy atom. The van der Waals surface area contributed by atoms with Crippen molar-refractivity contribution in [3.63, 3.8) is 0 Å². The van der Waals surface area contributed by atoms with Gasteiger partial charge in [-0.1, -0.05) is 52.7 Å². The van der Waals surface area contributed by atoms with Crippen molar-refractivity contribution in [2.24, 2.45) is 0 Å². The molecule has 5 rings (SSSR count). The number of aliphatic hydroxyl groups is 1. The second-order valence-electron chi connectivity index (χ2n) is 7.39. The van der Waals surface area contributed by atoms with Crippen LogP contribution in [0.25, 0.3) is 16.0 Å². The van der Waals surface area contributed by atoms with Gasteiger partial charge in [-0.15, -0.1) is 0 Å². The van der Waals surface area contributed by atoms with Crippen molar-refractivity contribution in [1.29, 1.82) is 0 Å². The van der Waals surface area contributed by atoms with Crippen LogP contribution in [0.15, 0.2) is 66.5 Å². The summed E-state index contributed by atoms with van der Waals surface area (Å²) in [5.41, 5.74) is 1.16. The van der Waals surface area contributed by atoms with E-state index in [0.29, 0.717) is 16.2 Å². The van der Waals surface area contributed by atoms with Crippen LogP contribution < -0.4 is 9.64 Å². The van der Waals surface area contributed by atoms with Crippen molar-refractivity contribution in [1.82, 2.24) is 9.97 Å². The summed E-state index contributed by atoms with van der Waals surface area (Å²) in [6, 6.07) is 12.7. The van der Waals surface area contributed by atoms with E-state index in [-0.39, 0.29) is 26.9 Å². The summed E-state index contributed by atoms with van der Waals surface area (Å²) in [5.74, 6) is -2.03. The number of pyridine rings is 1. The maximum absolute atomic E-state index is 13.3. The fraction of sp³-hybridized carbons (Fsp3) is 0.0833. The predicted octanol–water partition coefficient (Wildman–Crippen LogP) is 5.63. The Morgan fingerprint density at radius 3 is 2.65 bits per heavy atom. The number of ether oxygens (including phenoxy) is 1. The number of hydrogen-bond acceptors (Lipinski definition) is 7. The number of Topliss-reactive ketones (excluding diaryl/α,β-unsaturated/α-hetero) is 1. The van der Waals surface area contributed by atoms with Gasteiger partial charge in [0, 0.05) is 17.4 Å². The molecule has 34 heavy (non-hydrogen) atoms. The van der Waals surface area contributed by atoms with Gasteiger partial charge in [0.15, 0.2) is 5.13 Å². The minimum atomic E-state index is -0.975. The third kappa shape index (κ3) is 3.60. The van der Waals surface area contributed by atoms with Gasteiger partial charge in [0.1, 0.15) is 11.5 Å². The number of hydrogen-bond donors (Lipinski definition) is 1. The molecule has 0 radical (unpaired) electrons. The number of benzene rings is 2. The standard InChI is InChI=1S/C24H15Cl2N3O4S/c1-33-22-14(9-13(25)10-15(22)26)20(30)18-19(12-5-4-8-27-11-12)29(23(32)21(18)31)24-28-16-6-2-3-7-17(16)34-24/h2-11,19,30H,1H3/b20-18+. The van der Waals surface area contributed by atoms with Crippen LogP contribution in [0.2, 0.25) is 10.0 Å². The van der Waals surface area contributed by atoms with Crippen LogP contribution in [0.4, 0.5) is 5.13 Å². The number of amides is 1. The maximum Gasteiger partial charge on any atom is 0.301 e. The highest BCUT2D eigenvalue weighted by Crippen LogP contribution is 2.46. The number of carbonyl (C=O) groups excluding carboxylic acids is 2. The molecule has 1 aliphatic rings. The lowest BCUT2D eigenvalue weighted by atomic mass is 9.96. The first-order chi connectivity index (χ1) is 16.4. The van der Waals surface area contributed by atoms with Gasteiger partial charge >= 0.3 is 5.91 Å². The van der Waals surface area contributed by atoms with Crippen molar-refractivity contribution >= 4 is 67.3 Å². The van der Waals surface area contributed by atoms with Crippen molar-refractivity contribution in [3.8, 4) is 5.75 Å². The number of para-hydroxylation sites is 1. The highest BCUT2D eigenvalue weighted by atomic mass is 35.5. The van der Waals surface area contributed by atoms with Crippen LogP contribution in [0.3, 0.4) is 0 Å². The zero-order chi connectivity index (χ0) is 24.0. The molecule has 2 aromatic heterocycles. The van der Waals surface area contributed by atoms with E-state index < -0.39 is 23.5 Å². The van der Waals surface area contributed by atoms with Crippen LogP contribution >= 0.6 is 34.5 Å². The summed E-state index contributed by atoms with van der Waals surface area (Å²) in [6.45, 7) is 0. The van der Waals surface area contributed by atoms with Gasteiger partial charge in [-0.05, 0) is 35.9 Å². The average molecular weight is 512 g/mol. The lowest BCUT2D eigenvalue weighted by Crippen LogP contribution is -2.29. The molecule has 0 spiro atoms. The molecule has 1 fully saturated rings. The quantitative estimate of drug-likeness (QED) is 0.216. The summed E-state index contributed by atoms with van der Waals surface area (Å²) in [6.07, 6.45) is 3.11. The molecule has 1 saturated heterocycles. The largest absolute Gasteiger partial charge is 0.507 e. The normalized spacial score (nSPS) is 17.5. The molecule has 0 saturated carbocycles. The Hall–Kier alpha value is -3.46. The number of ketones is 1. The number of carbonyl (C=O) groups is 2. The molecule has 1 N–H and O–H groups in total. The number of thiazole rings is 1. The number of aliphatic hydroxyl groups excluding tert-OH is 1. The van der Waals surface area contributed by atoms with Crippen molar-refractivity contribution in [3.05, 3.63) is 87.7 Å². The fourth-order valence-electron chi connectivity index (χ4n) is 3.93. The van der Waals surface area contributed by atoms with Gasteiger partial charge in [-0.25, -0.2) is 4.98 Å². The number of halogens is 2. The van der Waals surface area contributed by atoms with Crippen LogP contribution in [-0.4, -0.2) is 33.9 Å². The van der Waals surface area contributed by atoms with Crippen molar-refractivity contribution in [2.75, 3.05) is 12.0 Å². The molecule has 1 aliphatic heterocycles. The van der Waals surface area contributed by atoms with Gasteiger partial charge in [0.2, 0.25) is 0 Å². The Morgan fingerprint density at radius 1 is 1.15 bits per heavy atom. The first-order valence-corrected chi connectivity index (χ1v) is 11.6. The van der Waals surface area contributed by atoms with E-state index in [1.54, 1.807) is 18.3 Å². The summed E-state index contributed by atoms with van der Waals surface area (Å²) in [4.78, 5) is 36.6. The summed E-state index contributed by atoms with van der Waals surface area (Å²) < 4.78 is 6.20. The zero-order valence-corrected chi connectivity index (χ0v) is 19.9. The average Bonchev–Trinajstić information content (AvgIpc) is 3.37. The Kier molecular flexibility index (Phi) is 5.73. The minimum Gasteiger partial charge on any atom is -0.507 e. The number of fused-ring (bicyclic) bond motifs is 1. The molecular weight excluding hydrogens is 497 g/mol. The molecule has 10 heteroatoms. The van der Waals surface area contributed by atoms with E-state index in [2.05, 4.69) is 9.97 Å². The van der Waals surface area contributed by atoms with Gasteiger partial charge < -0.3 is 9.84 Å². The molecule has 7 nitrogen and oxygen atoms in total. The van der Waals surface area contributed by atoms with Crippen LogP contribution in [-0.2, 0) is 9.59 Å². The van der Waals surface area contributed by atoms with Gasteiger partial charge in [0.05, 0.1) is 39.5 Å². The molecule has 0 aliphatic carbocycles. The van der Waals surface area contributed by atoms with E-state index in [1.807, 2.05) is 24.3 Å². The van der Waals surface area contributed by atoms with E-state index in [1.165, 1.54) is 41.7 Å². The molecular formula is C24H15Cl2N3O4S. The Balaban J connectivity index is 1.77. The van der Waals surface area contributed by atoms with Crippen LogP contribution in [0.1, 0.15) is 17.2 Å². The lowest BCUT2D eigenvalue weighted by molar-refractivity contribution is -0.132. The lowest BCUT2D eigenvalue weighted by Gasteiger charge is -2.22. The first kappa shape index (κ1) is 22.3. The number of methoxy groups -OCH3 is 1. The van der Waals surface area contributed by atoms with Crippen LogP contribution in [0.5, 0.6) is 5.75 Å². The zero-order valence-electron chi connectivity index (χ0n) is 17.5. The van der Waals surface area contributed by atoms with E-state index in [9.17, 15) is 14.7 Å². The summed E-state index contributed by atoms with van der Waals surface area (Å²) in [5, 5.41) is 12.1. The van der Waals surface area contributed by atoms with E-state index in [4.69, 9.17) is 27.9 Å². The van der Waals surface area contributed by atoms with E-state index in [0.717, 1.165) is 4.70 Å². The molecule has 2 aromatic carbocycles. The topological polar surface area (TPSA) is 92.6 Å². The van der Waals surface area contributed by atoms with Crippen molar-refractivity contribution in [2.45, 2.75) is 6.04 Å². The van der Waals surface area contributed by atoms with Gasteiger partial charge in [0.25, 0.3) is 5.78 Å². The number of aromatic nitrogens is 2. The second-order valence-corrected chi connectivity index (χ2v) is 9.24. The van der Waals surface area contributed by atoms with E-state index >= 15 is 0 Å². The van der Waals surface area contributed by atoms with Crippen LogP contribution in [0, 0.1) is 0 Å². The fourth-order valence-corrected chi connectivity index (χ4v) is 5.50. The highest BCUT2D eigenvalue weighted by molar-refractivity contribution is 7.22. The van der Waals surface area contributed by atoms with Crippen molar-refractivity contribution < 1.29 is 19.4 Å². The number of anilines is 1. The summed E-state index contributed by atoms with van der Waals surface area (Å²) in [7, 11) is 1.38. The minimum absolute atomic E-state index is 0.0937. The number of nitrogens with zero attached hydrogens (tertiary/aromatic N) is 3. The highest BCUT2D eigenvalue weighted by Gasteiger charge is 2.48. The molecule has 3 heterocycles. The molecule has 1 unspecified atom stereocenters. The maximum atomic E-state index is 13.3. The molecule has 0 bridgehead atoms. The molecule has 4 aromatic rings.